The van der Waals surface area contributed by atoms with Crippen LogP contribution in [0.2, 0.25) is 0 Å². The second-order valence-electron chi connectivity index (χ2n) is 2.10. The molecule has 1 aliphatic rings. The van der Waals surface area contributed by atoms with Crippen LogP contribution < -0.4 is 0 Å². The number of fused-ring (bicyclic) bond motifs is 1. The Morgan fingerprint density at radius 2 is 1.91 bits per heavy atom. The molecule has 1 aromatic rings. The zero-order valence-electron chi connectivity index (χ0n) is 5.37. The summed E-state index contributed by atoms with van der Waals surface area (Å²) >= 11 is 0. The lowest BCUT2D eigenvalue weighted by Gasteiger charge is -1.97. The molecule has 0 amide bonds. The van der Waals surface area contributed by atoms with Crippen LogP contribution in [0.1, 0.15) is 21.0 Å². The summed E-state index contributed by atoms with van der Waals surface area (Å²) in [6.07, 6.45) is 2.39. The standard InChI is InChI=1S/C6H3N3O2/c10-3-1-2-4(11)6-5(3)7-9-8-6/h1-2H,(H,7,8,9). The summed E-state index contributed by atoms with van der Waals surface area (Å²) in [6.45, 7) is 0. The number of hydrogen-bond donors (Lipinski definition) is 1. The molecule has 0 fully saturated rings. The molecule has 0 aromatic carbocycles. The summed E-state index contributed by atoms with van der Waals surface area (Å²) in [5, 5.41) is 9.16. The third-order valence-corrected chi connectivity index (χ3v) is 1.41. The molecule has 1 aliphatic carbocycles. The Labute approximate surface area is 61.1 Å². The smallest absolute Gasteiger partial charge is 0.208 e. The highest BCUT2D eigenvalue weighted by atomic mass is 16.1. The van der Waals surface area contributed by atoms with Gasteiger partial charge >= 0.3 is 0 Å². The summed E-state index contributed by atoms with van der Waals surface area (Å²) in [5.41, 5.74) is 0.287. The lowest BCUT2D eigenvalue weighted by molar-refractivity contribution is 0.0989. The van der Waals surface area contributed by atoms with Crippen molar-refractivity contribution in [3.05, 3.63) is 23.5 Å². The first-order valence-corrected chi connectivity index (χ1v) is 2.97. The molecule has 5 heteroatoms. The van der Waals surface area contributed by atoms with Gasteiger partial charge in [-0.25, -0.2) is 0 Å². The van der Waals surface area contributed by atoms with Crippen LogP contribution in [0.3, 0.4) is 0 Å². The Balaban J connectivity index is 2.68. The predicted octanol–water partition coefficient (Wildman–Crippen LogP) is -0.260. The molecule has 1 N–H and O–H groups in total. The minimum absolute atomic E-state index is 0.109. The van der Waals surface area contributed by atoms with Crippen molar-refractivity contribution in [2.45, 2.75) is 0 Å². The molecule has 0 bridgehead atoms. The van der Waals surface area contributed by atoms with Crippen molar-refractivity contribution in [1.29, 1.82) is 0 Å². The number of carbonyl (C=O) groups excluding carboxylic acids is 2. The van der Waals surface area contributed by atoms with E-state index in [9.17, 15) is 9.59 Å². The summed E-state index contributed by atoms with van der Waals surface area (Å²) < 4.78 is 0. The highest BCUT2D eigenvalue weighted by molar-refractivity contribution is 6.20. The number of nitrogens with one attached hydrogen (secondary N) is 1. The normalized spacial score (nSPS) is 15.3. The molecule has 0 saturated heterocycles. The predicted molar refractivity (Wildman–Crippen MR) is 34.2 cm³/mol. The van der Waals surface area contributed by atoms with Gasteiger partial charge in [-0.2, -0.15) is 0 Å². The lowest BCUT2D eigenvalue weighted by Crippen LogP contribution is -2.10. The monoisotopic (exact) mass is 149 g/mol. The minimum Gasteiger partial charge on any atom is -0.287 e. The van der Waals surface area contributed by atoms with Gasteiger partial charge in [0.25, 0.3) is 0 Å². The van der Waals surface area contributed by atoms with Gasteiger partial charge in [0.1, 0.15) is 5.69 Å². The van der Waals surface area contributed by atoms with Crippen LogP contribution in [0.15, 0.2) is 12.2 Å². The molecule has 54 valence electrons. The fraction of sp³-hybridized carbons (Fsp3) is 0. The van der Waals surface area contributed by atoms with Crippen molar-refractivity contribution in [1.82, 2.24) is 15.4 Å². The molecule has 0 saturated carbocycles. The number of ketones is 2. The van der Waals surface area contributed by atoms with Gasteiger partial charge < -0.3 is 0 Å². The fourth-order valence-electron chi connectivity index (χ4n) is 0.886. The maximum Gasteiger partial charge on any atom is 0.208 e. The quantitative estimate of drug-likeness (QED) is 0.551. The maximum absolute atomic E-state index is 10.9. The fourth-order valence-corrected chi connectivity index (χ4v) is 0.886. The van der Waals surface area contributed by atoms with Crippen molar-refractivity contribution >= 4 is 11.6 Å². The SMILES string of the molecule is O=C1C=CC(=O)c2[nH]nnc21. The molecular weight excluding hydrogens is 146 g/mol. The minimum atomic E-state index is -0.284. The number of H-pyrrole nitrogens is 1. The highest BCUT2D eigenvalue weighted by Crippen LogP contribution is 2.09. The van der Waals surface area contributed by atoms with Gasteiger partial charge in [0.2, 0.25) is 11.6 Å². The Kier molecular flexibility index (Phi) is 1.00. The summed E-state index contributed by atoms with van der Waals surface area (Å²) in [7, 11) is 0. The Morgan fingerprint density at radius 3 is 2.64 bits per heavy atom. The van der Waals surface area contributed by atoms with E-state index in [0.29, 0.717) is 0 Å². The van der Waals surface area contributed by atoms with E-state index < -0.39 is 0 Å². The van der Waals surface area contributed by atoms with Gasteiger partial charge in [-0.3, -0.25) is 14.7 Å². The molecule has 0 aliphatic heterocycles. The summed E-state index contributed by atoms with van der Waals surface area (Å²) in [4.78, 5) is 21.9. The molecule has 1 aromatic heterocycles. The van der Waals surface area contributed by atoms with E-state index in [1.54, 1.807) is 0 Å². The van der Waals surface area contributed by atoms with E-state index in [4.69, 9.17) is 0 Å². The van der Waals surface area contributed by atoms with Gasteiger partial charge in [0.15, 0.2) is 5.69 Å². The molecule has 0 unspecified atom stereocenters. The highest BCUT2D eigenvalue weighted by Gasteiger charge is 2.22. The second-order valence-corrected chi connectivity index (χ2v) is 2.10. The molecule has 0 spiro atoms. The van der Waals surface area contributed by atoms with Gasteiger partial charge in [0.05, 0.1) is 0 Å². The number of carbonyl (C=O) groups is 2. The molecule has 1 heterocycles. The van der Waals surface area contributed by atoms with E-state index in [-0.39, 0.29) is 23.0 Å². The van der Waals surface area contributed by atoms with E-state index in [1.807, 2.05) is 0 Å². The zero-order valence-corrected chi connectivity index (χ0v) is 5.37. The van der Waals surface area contributed by atoms with E-state index >= 15 is 0 Å². The Bertz CT molecular complexity index is 331. The first kappa shape index (κ1) is 5.96. The third kappa shape index (κ3) is 0.706. The van der Waals surface area contributed by atoms with Crippen LogP contribution in [0, 0.1) is 0 Å². The number of nitrogens with zero attached hydrogens (tertiary/aromatic N) is 2. The van der Waals surface area contributed by atoms with Crippen molar-refractivity contribution in [3.8, 4) is 0 Å². The zero-order chi connectivity index (χ0) is 7.84. The van der Waals surface area contributed by atoms with Crippen molar-refractivity contribution in [3.63, 3.8) is 0 Å². The van der Waals surface area contributed by atoms with Crippen molar-refractivity contribution in [2.24, 2.45) is 0 Å². The van der Waals surface area contributed by atoms with Crippen molar-refractivity contribution < 1.29 is 9.59 Å². The van der Waals surface area contributed by atoms with Crippen LogP contribution in [-0.2, 0) is 0 Å². The summed E-state index contributed by atoms with van der Waals surface area (Å²) in [5.74, 6) is -0.544. The van der Waals surface area contributed by atoms with Crippen molar-refractivity contribution in [2.75, 3.05) is 0 Å². The van der Waals surface area contributed by atoms with Crippen LogP contribution in [0.25, 0.3) is 0 Å². The number of aromatic amines is 1. The molecule has 0 atom stereocenters. The largest absolute Gasteiger partial charge is 0.287 e. The van der Waals surface area contributed by atoms with Crippen LogP contribution >= 0.6 is 0 Å². The van der Waals surface area contributed by atoms with E-state index in [2.05, 4.69) is 15.4 Å². The van der Waals surface area contributed by atoms with Gasteiger partial charge in [-0.15, -0.1) is 5.10 Å². The Hall–Kier alpha value is -1.78. The Morgan fingerprint density at radius 1 is 1.18 bits per heavy atom. The van der Waals surface area contributed by atoms with E-state index in [1.165, 1.54) is 12.2 Å². The topological polar surface area (TPSA) is 75.7 Å². The van der Waals surface area contributed by atoms with Gasteiger partial charge in [0, 0.05) is 0 Å². The third-order valence-electron chi connectivity index (χ3n) is 1.41. The number of rotatable bonds is 0. The van der Waals surface area contributed by atoms with Crippen LogP contribution in [0.4, 0.5) is 0 Å². The lowest BCUT2D eigenvalue weighted by atomic mass is 10.1. The first-order chi connectivity index (χ1) is 5.29. The number of allylic oxidation sites excluding steroid dienone is 2. The first-order valence-electron chi connectivity index (χ1n) is 2.97. The summed E-state index contributed by atoms with van der Waals surface area (Å²) in [6, 6.07) is 0. The second kappa shape index (κ2) is 1.85. The average Bonchev–Trinajstić information content (AvgIpc) is 2.45. The van der Waals surface area contributed by atoms with E-state index in [0.717, 1.165) is 0 Å². The molecule has 2 rings (SSSR count). The number of hydrogen-bond acceptors (Lipinski definition) is 4. The van der Waals surface area contributed by atoms with Gasteiger partial charge in [-0.1, -0.05) is 5.21 Å². The number of aromatic nitrogens is 3. The molecule has 0 radical (unpaired) electrons. The molecular formula is C6H3N3O2. The average molecular weight is 149 g/mol. The van der Waals surface area contributed by atoms with Gasteiger partial charge in [-0.05, 0) is 12.2 Å². The van der Waals surface area contributed by atoms with Crippen LogP contribution in [-0.4, -0.2) is 27.0 Å². The molecule has 5 nitrogen and oxygen atoms in total. The maximum atomic E-state index is 10.9. The molecule has 11 heavy (non-hydrogen) atoms. The van der Waals surface area contributed by atoms with Crippen LogP contribution in [0.5, 0.6) is 0 Å².